The molecule has 0 spiro atoms. The van der Waals surface area contributed by atoms with Crippen LogP contribution in [0.25, 0.3) is 11.4 Å². The van der Waals surface area contributed by atoms with Gasteiger partial charge in [-0.15, -0.1) is 0 Å². The predicted molar refractivity (Wildman–Crippen MR) is 57.2 cm³/mol. The van der Waals surface area contributed by atoms with Crippen LogP contribution in [0.2, 0.25) is 5.02 Å². The van der Waals surface area contributed by atoms with E-state index in [-0.39, 0.29) is 0 Å². The van der Waals surface area contributed by atoms with Crippen LogP contribution < -0.4 is 0 Å². The molecule has 0 radical (unpaired) electrons. The molecule has 0 atom stereocenters. The smallest absolute Gasteiger partial charge is 0.107 e. The summed E-state index contributed by atoms with van der Waals surface area (Å²) in [7, 11) is 0. The molecular weight excluding hydrogens is 196 g/mol. The second-order valence-corrected chi connectivity index (χ2v) is 3.46. The van der Waals surface area contributed by atoms with Crippen LogP contribution in [0.1, 0.15) is 5.56 Å². The van der Waals surface area contributed by atoms with Gasteiger partial charge in [0.2, 0.25) is 0 Å². The van der Waals surface area contributed by atoms with E-state index in [9.17, 15) is 0 Å². The van der Waals surface area contributed by atoms with Crippen molar-refractivity contribution in [1.29, 1.82) is 0 Å². The Labute approximate surface area is 87.6 Å². The third-order valence-corrected chi connectivity index (χ3v) is 2.22. The van der Waals surface area contributed by atoms with Gasteiger partial charge in [-0.2, -0.15) is 0 Å². The monoisotopic (exact) mass is 204 g/mol. The lowest BCUT2D eigenvalue weighted by atomic mass is 10.2. The Balaban J connectivity index is 2.55. The molecule has 14 heavy (non-hydrogen) atoms. The van der Waals surface area contributed by atoms with E-state index in [0.29, 0.717) is 5.02 Å². The molecule has 2 aromatic heterocycles. The van der Waals surface area contributed by atoms with Crippen molar-refractivity contribution in [3.63, 3.8) is 0 Å². The number of hydrogen-bond donors (Lipinski definition) is 0. The van der Waals surface area contributed by atoms with Crippen molar-refractivity contribution in [3.8, 4) is 11.4 Å². The van der Waals surface area contributed by atoms with E-state index in [0.717, 1.165) is 17.0 Å². The second-order valence-electron chi connectivity index (χ2n) is 3.05. The Morgan fingerprint density at radius 2 is 2.00 bits per heavy atom. The number of halogens is 1. The van der Waals surface area contributed by atoms with Gasteiger partial charge in [0.1, 0.15) is 5.69 Å². The third-order valence-electron chi connectivity index (χ3n) is 1.92. The maximum atomic E-state index is 6.01. The van der Waals surface area contributed by atoms with Gasteiger partial charge >= 0.3 is 0 Å². The summed E-state index contributed by atoms with van der Waals surface area (Å²) in [4.78, 5) is 8.42. The fourth-order valence-electron chi connectivity index (χ4n) is 1.24. The maximum absolute atomic E-state index is 6.01. The van der Waals surface area contributed by atoms with Crippen molar-refractivity contribution >= 4 is 11.6 Å². The van der Waals surface area contributed by atoms with Gasteiger partial charge in [0.15, 0.2) is 0 Å². The highest BCUT2D eigenvalue weighted by molar-refractivity contribution is 6.32. The average Bonchev–Trinajstić information content (AvgIpc) is 2.18. The molecule has 0 saturated carbocycles. The number of aromatic nitrogens is 2. The normalized spacial score (nSPS) is 10.1. The number of nitrogens with zero attached hydrogens (tertiary/aromatic N) is 2. The lowest BCUT2D eigenvalue weighted by molar-refractivity contribution is 1.23. The van der Waals surface area contributed by atoms with Gasteiger partial charge in [0.25, 0.3) is 0 Å². The summed E-state index contributed by atoms with van der Waals surface area (Å²) in [5.74, 6) is 0. The van der Waals surface area contributed by atoms with Crippen LogP contribution in [0.5, 0.6) is 0 Å². The van der Waals surface area contributed by atoms with E-state index < -0.39 is 0 Å². The van der Waals surface area contributed by atoms with Crippen LogP contribution in [0.3, 0.4) is 0 Å². The quantitative estimate of drug-likeness (QED) is 0.714. The van der Waals surface area contributed by atoms with Gasteiger partial charge in [0.05, 0.1) is 10.7 Å². The SMILES string of the molecule is Cc1ccnc(-c2ncccc2Cl)c1. The molecule has 0 unspecified atom stereocenters. The lowest BCUT2D eigenvalue weighted by Crippen LogP contribution is -1.88. The highest BCUT2D eigenvalue weighted by Crippen LogP contribution is 2.23. The topological polar surface area (TPSA) is 25.8 Å². The largest absolute Gasteiger partial charge is 0.255 e. The molecule has 0 fully saturated rings. The van der Waals surface area contributed by atoms with Crippen molar-refractivity contribution < 1.29 is 0 Å². The minimum absolute atomic E-state index is 0.630. The summed E-state index contributed by atoms with van der Waals surface area (Å²) >= 11 is 6.01. The summed E-state index contributed by atoms with van der Waals surface area (Å²) in [5.41, 5.74) is 2.70. The summed E-state index contributed by atoms with van der Waals surface area (Å²) in [6.45, 7) is 2.02. The zero-order valence-corrected chi connectivity index (χ0v) is 8.49. The van der Waals surface area contributed by atoms with Gasteiger partial charge in [-0.1, -0.05) is 11.6 Å². The van der Waals surface area contributed by atoms with Gasteiger partial charge in [-0.05, 0) is 36.8 Å². The number of aryl methyl sites for hydroxylation is 1. The Morgan fingerprint density at radius 1 is 1.14 bits per heavy atom. The van der Waals surface area contributed by atoms with E-state index in [4.69, 9.17) is 11.6 Å². The molecule has 0 amide bonds. The van der Waals surface area contributed by atoms with E-state index in [1.165, 1.54) is 0 Å². The molecule has 0 aliphatic rings. The molecule has 0 saturated heterocycles. The van der Waals surface area contributed by atoms with Gasteiger partial charge < -0.3 is 0 Å². The van der Waals surface area contributed by atoms with Gasteiger partial charge in [0, 0.05) is 12.4 Å². The number of pyridine rings is 2. The predicted octanol–water partition coefficient (Wildman–Crippen LogP) is 3.11. The molecule has 70 valence electrons. The Kier molecular flexibility index (Phi) is 2.46. The zero-order valence-electron chi connectivity index (χ0n) is 7.74. The van der Waals surface area contributed by atoms with Crippen molar-refractivity contribution in [1.82, 2.24) is 9.97 Å². The average molecular weight is 205 g/mol. The standard InChI is InChI=1S/C11H9ClN2/c1-8-4-6-13-10(7-8)11-9(12)3-2-5-14-11/h2-7H,1H3. The van der Waals surface area contributed by atoms with Crippen LogP contribution in [0, 0.1) is 6.92 Å². The van der Waals surface area contributed by atoms with Crippen LogP contribution in [-0.4, -0.2) is 9.97 Å². The molecule has 2 nitrogen and oxygen atoms in total. The first-order chi connectivity index (χ1) is 6.77. The molecule has 2 rings (SSSR count). The molecule has 2 aromatic rings. The Morgan fingerprint density at radius 3 is 2.71 bits per heavy atom. The number of rotatable bonds is 1. The van der Waals surface area contributed by atoms with Gasteiger partial charge in [-0.25, -0.2) is 0 Å². The summed E-state index contributed by atoms with van der Waals surface area (Å²) in [6, 6.07) is 7.53. The highest BCUT2D eigenvalue weighted by atomic mass is 35.5. The van der Waals surface area contributed by atoms with E-state index in [2.05, 4.69) is 9.97 Å². The molecule has 0 aromatic carbocycles. The maximum Gasteiger partial charge on any atom is 0.107 e. The summed E-state index contributed by atoms with van der Waals surface area (Å²) in [6.07, 6.45) is 3.47. The molecule has 0 N–H and O–H groups in total. The van der Waals surface area contributed by atoms with E-state index in [1.807, 2.05) is 31.2 Å². The summed E-state index contributed by atoms with van der Waals surface area (Å²) < 4.78 is 0. The fraction of sp³-hybridized carbons (Fsp3) is 0.0909. The third kappa shape index (κ3) is 1.75. The first kappa shape index (κ1) is 9.16. The number of hydrogen-bond acceptors (Lipinski definition) is 2. The van der Waals surface area contributed by atoms with Gasteiger partial charge in [-0.3, -0.25) is 9.97 Å². The minimum Gasteiger partial charge on any atom is -0.255 e. The second kappa shape index (κ2) is 3.76. The molecule has 0 bridgehead atoms. The van der Waals surface area contributed by atoms with Crippen molar-refractivity contribution in [2.24, 2.45) is 0 Å². The minimum atomic E-state index is 0.630. The van der Waals surface area contributed by atoms with Crippen molar-refractivity contribution in [2.45, 2.75) is 6.92 Å². The Hall–Kier alpha value is -1.41. The van der Waals surface area contributed by atoms with E-state index >= 15 is 0 Å². The summed E-state index contributed by atoms with van der Waals surface area (Å²) in [5, 5.41) is 0.630. The molecule has 3 heteroatoms. The van der Waals surface area contributed by atoms with Crippen molar-refractivity contribution in [3.05, 3.63) is 47.2 Å². The first-order valence-electron chi connectivity index (χ1n) is 4.31. The van der Waals surface area contributed by atoms with E-state index in [1.54, 1.807) is 12.4 Å². The van der Waals surface area contributed by atoms with Crippen LogP contribution >= 0.6 is 11.6 Å². The fourth-order valence-corrected chi connectivity index (χ4v) is 1.46. The zero-order chi connectivity index (χ0) is 9.97. The highest BCUT2D eigenvalue weighted by Gasteiger charge is 2.04. The van der Waals surface area contributed by atoms with Crippen molar-refractivity contribution in [2.75, 3.05) is 0 Å². The molecule has 0 aliphatic carbocycles. The molecule has 2 heterocycles. The van der Waals surface area contributed by atoms with Crippen LogP contribution in [0.15, 0.2) is 36.7 Å². The lowest BCUT2D eigenvalue weighted by Gasteiger charge is -2.02. The Bertz CT molecular complexity index is 455. The molecule has 0 aliphatic heterocycles. The molecular formula is C11H9ClN2. The van der Waals surface area contributed by atoms with Crippen LogP contribution in [0.4, 0.5) is 0 Å². The van der Waals surface area contributed by atoms with Crippen LogP contribution in [-0.2, 0) is 0 Å². The first-order valence-corrected chi connectivity index (χ1v) is 4.69.